The van der Waals surface area contributed by atoms with E-state index in [1.165, 1.54) is 22.7 Å². The van der Waals surface area contributed by atoms with Crippen molar-refractivity contribution in [3.63, 3.8) is 0 Å². The Morgan fingerprint density at radius 1 is 1.10 bits per heavy atom. The van der Waals surface area contributed by atoms with Gasteiger partial charge in [0.05, 0.1) is 18.2 Å². The van der Waals surface area contributed by atoms with Crippen molar-refractivity contribution in [1.82, 2.24) is 10.2 Å². The van der Waals surface area contributed by atoms with Crippen molar-refractivity contribution in [2.45, 2.75) is 23.1 Å². The molecule has 1 atom stereocenters. The number of aliphatic hydroxyl groups excluding tert-OH is 1. The molecule has 0 spiro atoms. The topological polar surface area (TPSA) is 92.6 Å². The highest BCUT2D eigenvalue weighted by Gasteiger charge is 2.48. The molecule has 1 saturated heterocycles. The molecule has 1 fully saturated rings. The summed E-state index contributed by atoms with van der Waals surface area (Å²) in [6, 6.07) is 18.7. The van der Waals surface area contributed by atoms with Gasteiger partial charge in [0.15, 0.2) is 4.34 Å². The maximum absolute atomic E-state index is 14.1. The number of aromatic nitrogens is 2. The van der Waals surface area contributed by atoms with Crippen molar-refractivity contribution in [2.75, 3.05) is 11.5 Å². The van der Waals surface area contributed by atoms with Crippen LogP contribution >= 0.6 is 34.7 Å². The lowest BCUT2D eigenvalue weighted by Gasteiger charge is -2.23. The molecule has 1 aromatic heterocycles. The van der Waals surface area contributed by atoms with Crippen LogP contribution in [0.4, 0.5) is 9.52 Å². The maximum Gasteiger partial charge on any atom is 0.301 e. The van der Waals surface area contributed by atoms with Gasteiger partial charge >= 0.3 is 5.91 Å². The predicted molar refractivity (Wildman–Crippen MR) is 150 cm³/mol. The number of amides is 1. The van der Waals surface area contributed by atoms with Gasteiger partial charge in [-0.1, -0.05) is 65.0 Å². The number of aliphatic hydroxyl groups is 1. The zero-order chi connectivity index (χ0) is 27.5. The Balaban J connectivity index is 1.56. The molecule has 0 radical (unpaired) electrons. The quantitative estimate of drug-likeness (QED) is 0.0819. The summed E-state index contributed by atoms with van der Waals surface area (Å²) in [5.41, 5.74) is 1.30. The molecule has 4 aromatic rings. The Kier molecular flexibility index (Phi) is 7.97. The summed E-state index contributed by atoms with van der Waals surface area (Å²) in [4.78, 5) is 28.0. The first-order chi connectivity index (χ1) is 18.9. The second-order valence-corrected chi connectivity index (χ2v) is 11.0. The highest BCUT2D eigenvalue weighted by Crippen LogP contribution is 2.44. The normalized spacial score (nSPS) is 16.6. The van der Waals surface area contributed by atoms with E-state index in [0.29, 0.717) is 44.2 Å². The van der Waals surface area contributed by atoms with Crippen LogP contribution in [0.15, 0.2) is 82.7 Å². The third-order valence-corrected chi connectivity index (χ3v) is 8.31. The molecule has 1 aliphatic heterocycles. The van der Waals surface area contributed by atoms with Gasteiger partial charge in [0.2, 0.25) is 5.13 Å². The molecule has 1 amide bonds. The molecule has 39 heavy (non-hydrogen) atoms. The maximum atomic E-state index is 14.1. The SMILES string of the molecule is CCOc1cccc(C2/C(=C(\O)c3ccc(Cl)cc3)C(=O)C(=O)N2c2nnc(SCc3ccccc3F)s2)c1. The molecule has 5 rings (SSSR count). The van der Waals surface area contributed by atoms with E-state index >= 15 is 0 Å². The molecule has 3 aromatic carbocycles. The average molecular weight is 582 g/mol. The van der Waals surface area contributed by atoms with Gasteiger partial charge in [0, 0.05) is 16.3 Å². The van der Waals surface area contributed by atoms with Crippen LogP contribution in [-0.2, 0) is 15.3 Å². The van der Waals surface area contributed by atoms with Crippen LogP contribution < -0.4 is 9.64 Å². The van der Waals surface area contributed by atoms with E-state index < -0.39 is 17.7 Å². The summed E-state index contributed by atoms with van der Waals surface area (Å²) in [6.07, 6.45) is 0. The second kappa shape index (κ2) is 11.6. The minimum atomic E-state index is -0.988. The predicted octanol–water partition coefficient (Wildman–Crippen LogP) is 6.65. The molecule has 7 nitrogen and oxygen atoms in total. The smallest absolute Gasteiger partial charge is 0.301 e. The highest BCUT2D eigenvalue weighted by atomic mass is 35.5. The zero-order valence-electron chi connectivity index (χ0n) is 20.5. The number of anilines is 1. The summed E-state index contributed by atoms with van der Waals surface area (Å²) >= 11 is 8.37. The molecule has 11 heteroatoms. The van der Waals surface area contributed by atoms with Gasteiger partial charge in [-0.25, -0.2) is 4.39 Å². The lowest BCUT2D eigenvalue weighted by Crippen LogP contribution is -2.29. The van der Waals surface area contributed by atoms with Gasteiger partial charge < -0.3 is 9.84 Å². The first kappa shape index (κ1) is 26.9. The summed E-state index contributed by atoms with van der Waals surface area (Å²) in [5.74, 6) is -1.50. The van der Waals surface area contributed by atoms with Gasteiger partial charge in [-0.2, -0.15) is 0 Å². The number of carbonyl (C=O) groups excluding carboxylic acids is 2. The van der Waals surface area contributed by atoms with E-state index in [4.69, 9.17) is 16.3 Å². The lowest BCUT2D eigenvalue weighted by atomic mass is 9.95. The van der Waals surface area contributed by atoms with E-state index in [1.807, 2.05) is 6.92 Å². The molecule has 0 bridgehead atoms. The van der Waals surface area contributed by atoms with Crippen LogP contribution in [0.3, 0.4) is 0 Å². The minimum Gasteiger partial charge on any atom is -0.507 e. The van der Waals surface area contributed by atoms with Crippen LogP contribution in [0, 0.1) is 5.82 Å². The van der Waals surface area contributed by atoms with Gasteiger partial charge in [-0.3, -0.25) is 14.5 Å². The second-order valence-electron chi connectivity index (χ2n) is 8.41. The van der Waals surface area contributed by atoms with Crippen molar-refractivity contribution >= 4 is 57.3 Å². The Labute approximate surface area is 236 Å². The van der Waals surface area contributed by atoms with Gasteiger partial charge in [-0.15, -0.1) is 10.2 Å². The van der Waals surface area contributed by atoms with Gasteiger partial charge in [0.1, 0.15) is 17.3 Å². The van der Waals surface area contributed by atoms with Crippen LogP contribution in [0.5, 0.6) is 5.75 Å². The first-order valence-electron chi connectivity index (χ1n) is 11.9. The molecule has 0 saturated carbocycles. The monoisotopic (exact) mass is 581 g/mol. The molecule has 2 heterocycles. The number of Topliss-reactive ketones (excluding diaryl/α,β-unsaturated/α-hetero) is 1. The first-order valence-corrected chi connectivity index (χ1v) is 14.0. The number of ketones is 1. The van der Waals surface area contributed by atoms with E-state index in [9.17, 15) is 19.1 Å². The minimum absolute atomic E-state index is 0.0910. The Morgan fingerprint density at radius 2 is 1.87 bits per heavy atom. The van der Waals surface area contributed by atoms with Crippen LogP contribution in [0.2, 0.25) is 5.02 Å². The summed E-state index contributed by atoms with van der Waals surface area (Å²) in [5, 5.41) is 20.2. The lowest BCUT2D eigenvalue weighted by molar-refractivity contribution is -0.132. The van der Waals surface area contributed by atoms with Crippen LogP contribution in [0.25, 0.3) is 5.76 Å². The number of nitrogens with zero attached hydrogens (tertiary/aromatic N) is 3. The molecular weight excluding hydrogens is 561 g/mol. The third-order valence-electron chi connectivity index (χ3n) is 5.96. The summed E-state index contributed by atoms with van der Waals surface area (Å²) < 4.78 is 20.2. The summed E-state index contributed by atoms with van der Waals surface area (Å²) in [6.45, 7) is 2.27. The molecular formula is C28H21ClFN3O4S2. The van der Waals surface area contributed by atoms with Crippen molar-refractivity contribution in [2.24, 2.45) is 0 Å². The van der Waals surface area contributed by atoms with Crippen LogP contribution in [-0.4, -0.2) is 33.6 Å². The van der Waals surface area contributed by atoms with Gasteiger partial charge in [0.25, 0.3) is 5.78 Å². The number of benzene rings is 3. The molecule has 198 valence electrons. The van der Waals surface area contributed by atoms with E-state index in [2.05, 4.69) is 10.2 Å². The number of rotatable bonds is 8. The Bertz CT molecular complexity index is 1580. The van der Waals surface area contributed by atoms with Crippen molar-refractivity contribution < 1.29 is 23.8 Å². The van der Waals surface area contributed by atoms with E-state index in [1.54, 1.807) is 66.7 Å². The number of halogens is 2. The fourth-order valence-corrected chi connectivity index (χ4v) is 6.14. The van der Waals surface area contributed by atoms with E-state index in [0.717, 1.165) is 11.3 Å². The number of hydrogen-bond acceptors (Lipinski definition) is 8. The standard InChI is InChI=1S/C28H21ClFN3O4S2/c1-2-37-20-8-5-7-17(14-20)23-22(24(34)16-10-12-19(29)13-11-16)25(35)26(36)33(23)27-31-32-28(39-27)38-15-18-6-3-4-9-21(18)30/h3-14,23,34H,2,15H2,1H3/b24-22+. The van der Waals surface area contributed by atoms with Crippen molar-refractivity contribution in [3.05, 3.63) is 106 Å². The fraction of sp³-hybridized carbons (Fsp3) is 0.143. The number of hydrogen-bond donors (Lipinski definition) is 1. The van der Waals surface area contributed by atoms with Crippen molar-refractivity contribution in [1.29, 1.82) is 0 Å². The molecule has 1 unspecified atom stereocenters. The third kappa shape index (κ3) is 5.54. The number of thioether (sulfide) groups is 1. The highest BCUT2D eigenvalue weighted by molar-refractivity contribution is 8.00. The largest absolute Gasteiger partial charge is 0.507 e. The molecule has 0 aliphatic carbocycles. The zero-order valence-corrected chi connectivity index (χ0v) is 22.9. The molecule has 1 aliphatic rings. The summed E-state index contributed by atoms with van der Waals surface area (Å²) in [7, 11) is 0. The van der Waals surface area contributed by atoms with E-state index in [-0.39, 0.29) is 22.3 Å². The Morgan fingerprint density at radius 3 is 2.62 bits per heavy atom. The molecule has 1 N–H and O–H groups in total. The Hall–Kier alpha value is -3.73. The van der Waals surface area contributed by atoms with Crippen molar-refractivity contribution in [3.8, 4) is 5.75 Å². The number of carbonyl (C=O) groups is 2. The van der Waals surface area contributed by atoms with Crippen LogP contribution in [0.1, 0.15) is 29.7 Å². The van der Waals surface area contributed by atoms with Gasteiger partial charge in [-0.05, 0) is 60.5 Å². The fourth-order valence-electron chi connectivity index (χ4n) is 4.16. The number of ether oxygens (including phenoxy) is 1. The average Bonchev–Trinajstić information content (AvgIpc) is 3.50.